The van der Waals surface area contributed by atoms with Gasteiger partial charge in [-0.15, -0.1) is 0 Å². The minimum absolute atomic E-state index is 0.00583. The largest absolute Gasteiger partial charge is 0.486 e. The second-order valence-electron chi connectivity index (χ2n) is 8.66. The third-order valence-electron chi connectivity index (χ3n) is 6.24. The smallest absolute Gasteiger partial charge is 0.253 e. The minimum atomic E-state index is -0.198. The number of rotatable bonds is 8. The third-order valence-corrected chi connectivity index (χ3v) is 6.24. The van der Waals surface area contributed by atoms with Crippen LogP contribution in [-0.4, -0.2) is 73.1 Å². The molecule has 4 rings (SSSR count). The lowest BCUT2D eigenvalue weighted by atomic mass is 10.0. The lowest BCUT2D eigenvalue weighted by Crippen LogP contribution is -2.50. The molecule has 2 aliphatic rings. The fourth-order valence-corrected chi connectivity index (χ4v) is 4.51. The van der Waals surface area contributed by atoms with Gasteiger partial charge < -0.3 is 19.7 Å². The average Bonchev–Trinajstić information content (AvgIpc) is 2.87. The molecule has 2 aliphatic heterocycles. The van der Waals surface area contributed by atoms with E-state index in [9.17, 15) is 9.59 Å². The second-order valence-corrected chi connectivity index (χ2v) is 8.66. The van der Waals surface area contributed by atoms with E-state index in [1.165, 1.54) is 0 Å². The first-order valence-electron chi connectivity index (χ1n) is 11.9. The Morgan fingerprint density at radius 2 is 1.73 bits per heavy atom. The quantitative estimate of drug-likeness (QED) is 0.668. The van der Waals surface area contributed by atoms with Gasteiger partial charge in [0.15, 0.2) is 11.5 Å². The zero-order valence-electron chi connectivity index (χ0n) is 19.2. The maximum absolute atomic E-state index is 12.7. The Kier molecular flexibility index (Phi) is 7.83. The van der Waals surface area contributed by atoms with Crippen molar-refractivity contribution in [3.8, 4) is 11.5 Å². The number of amides is 2. The lowest BCUT2D eigenvalue weighted by molar-refractivity contribution is -0.123. The molecule has 7 nitrogen and oxygen atoms in total. The molecule has 1 fully saturated rings. The molecular weight excluding hydrogens is 418 g/mol. The minimum Gasteiger partial charge on any atom is -0.486 e. The molecule has 7 heteroatoms. The first-order valence-corrected chi connectivity index (χ1v) is 11.9. The van der Waals surface area contributed by atoms with Crippen molar-refractivity contribution in [2.45, 2.75) is 38.3 Å². The van der Waals surface area contributed by atoms with E-state index >= 15 is 0 Å². The van der Waals surface area contributed by atoms with Gasteiger partial charge in [0.05, 0.1) is 13.1 Å². The van der Waals surface area contributed by atoms with Gasteiger partial charge in [-0.1, -0.05) is 37.3 Å². The van der Waals surface area contributed by atoms with E-state index in [4.69, 9.17) is 9.47 Å². The number of piperidine rings is 1. The van der Waals surface area contributed by atoms with Crippen LogP contribution in [0.3, 0.4) is 0 Å². The summed E-state index contributed by atoms with van der Waals surface area (Å²) < 4.78 is 11.7. The third kappa shape index (κ3) is 6.05. The molecule has 0 bridgehead atoms. The summed E-state index contributed by atoms with van der Waals surface area (Å²) in [4.78, 5) is 29.6. The van der Waals surface area contributed by atoms with E-state index in [-0.39, 0.29) is 17.9 Å². The Morgan fingerprint density at radius 3 is 2.45 bits per heavy atom. The van der Waals surface area contributed by atoms with Gasteiger partial charge in [0.1, 0.15) is 12.7 Å². The highest BCUT2D eigenvalue weighted by Crippen LogP contribution is 2.30. The Bertz CT molecular complexity index is 928. The van der Waals surface area contributed by atoms with E-state index in [1.54, 1.807) is 0 Å². The number of hydrogen-bond acceptors (Lipinski definition) is 5. The molecule has 2 amide bonds. The molecule has 0 spiro atoms. The van der Waals surface area contributed by atoms with Crippen molar-refractivity contribution in [1.82, 2.24) is 15.1 Å². The van der Waals surface area contributed by atoms with Crippen LogP contribution in [0.5, 0.6) is 11.5 Å². The van der Waals surface area contributed by atoms with Gasteiger partial charge in [0.25, 0.3) is 5.91 Å². The molecule has 176 valence electrons. The van der Waals surface area contributed by atoms with Crippen LogP contribution in [0, 0.1) is 0 Å². The number of carbonyl (C=O) groups excluding carboxylic acids is 2. The number of hydrogen-bond donors (Lipinski definition) is 1. The maximum Gasteiger partial charge on any atom is 0.253 e. The summed E-state index contributed by atoms with van der Waals surface area (Å²) in [6.07, 6.45) is 2.53. The normalized spacial score (nSPS) is 18.2. The Labute approximate surface area is 195 Å². The summed E-state index contributed by atoms with van der Waals surface area (Å²) in [5, 5.41) is 3.01. The van der Waals surface area contributed by atoms with Gasteiger partial charge in [0, 0.05) is 24.7 Å². The van der Waals surface area contributed by atoms with Crippen LogP contribution in [0.15, 0.2) is 54.6 Å². The van der Waals surface area contributed by atoms with Gasteiger partial charge in [-0.25, -0.2) is 0 Å². The Hall–Kier alpha value is -3.06. The predicted molar refractivity (Wildman–Crippen MR) is 127 cm³/mol. The summed E-state index contributed by atoms with van der Waals surface area (Å²) in [6, 6.07) is 17.3. The standard InChI is InChI=1S/C26H33N3O4/c1-2-14-29(21-12-15-28(16-13-21)26(31)20-8-4-3-5-9-20)18-25(30)27-17-22-19-32-23-10-6-7-11-24(23)33-22/h3-11,21-22H,2,12-19H2,1H3,(H,27,30). The topological polar surface area (TPSA) is 71.1 Å². The second kappa shape index (κ2) is 11.2. The Balaban J connectivity index is 1.24. The van der Waals surface area contributed by atoms with E-state index in [0.29, 0.717) is 44.6 Å². The first-order chi connectivity index (χ1) is 16.1. The highest BCUT2D eigenvalue weighted by molar-refractivity contribution is 5.94. The highest BCUT2D eigenvalue weighted by Gasteiger charge is 2.28. The van der Waals surface area contributed by atoms with Gasteiger partial charge in [-0.3, -0.25) is 14.5 Å². The van der Waals surface area contributed by atoms with Crippen LogP contribution >= 0.6 is 0 Å². The van der Waals surface area contributed by atoms with Gasteiger partial charge in [0.2, 0.25) is 5.91 Å². The van der Waals surface area contributed by atoms with Crippen LogP contribution in [-0.2, 0) is 4.79 Å². The molecule has 2 aromatic rings. The highest BCUT2D eigenvalue weighted by atomic mass is 16.6. The molecule has 0 aromatic heterocycles. The molecule has 1 atom stereocenters. The molecule has 0 aliphatic carbocycles. The van der Waals surface area contributed by atoms with Crippen LogP contribution in [0.25, 0.3) is 0 Å². The van der Waals surface area contributed by atoms with E-state index in [1.807, 2.05) is 59.5 Å². The molecule has 2 heterocycles. The number of likely N-dealkylation sites (tertiary alicyclic amines) is 1. The maximum atomic E-state index is 12.7. The van der Waals surface area contributed by atoms with Crippen molar-refractivity contribution < 1.29 is 19.1 Å². The SMILES string of the molecule is CCCN(CC(=O)NCC1COc2ccccc2O1)C1CCN(C(=O)c2ccccc2)CC1. The number of fused-ring (bicyclic) bond motifs is 1. The molecule has 1 saturated heterocycles. The Morgan fingerprint density at radius 1 is 1.03 bits per heavy atom. The van der Waals surface area contributed by atoms with Crippen LogP contribution in [0.1, 0.15) is 36.5 Å². The summed E-state index contributed by atoms with van der Waals surface area (Å²) in [5.41, 5.74) is 0.734. The van der Waals surface area contributed by atoms with Gasteiger partial charge >= 0.3 is 0 Å². The molecule has 1 N–H and O–H groups in total. The van der Waals surface area contributed by atoms with Gasteiger partial charge in [-0.2, -0.15) is 0 Å². The van der Waals surface area contributed by atoms with Gasteiger partial charge in [-0.05, 0) is 50.1 Å². The summed E-state index contributed by atoms with van der Waals surface area (Å²) in [6.45, 7) is 5.61. The van der Waals surface area contributed by atoms with E-state index < -0.39 is 0 Å². The van der Waals surface area contributed by atoms with Crippen molar-refractivity contribution in [1.29, 1.82) is 0 Å². The van der Waals surface area contributed by atoms with Crippen molar-refractivity contribution in [3.63, 3.8) is 0 Å². The van der Waals surface area contributed by atoms with E-state index in [2.05, 4.69) is 17.1 Å². The summed E-state index contributed by atoms with van der Waals surface area (Å²) >= 11 is 0. The van der Waals surface area contributed by atoms with Crippen molar-refractivity contribution in [2.75, 3.05) is 39.3 Å². The number of para-hydroxylation sites is 2. The fraction of sp³-hybridized carbons (Fsp3) is 0.462. The van der Waals surface area contributed by atoms with Crippen molar-refractivity contribution >= 4 is 11.8 Å². The molecule has 0 radical (unpaired) electrons. The van der Waals surface area contributed by atoms with Crippen LogP contribution in [0.2, 0.25) is 0 Å². The molecule has 1 unspecified atom stereocenters. The van der Waals surface area contributed by atoms with Crippen LogP contribution in [0.4, 0.5) is 0 Å². The average molecular weight is 452 g/mol. The lowest BCUT2D eigenvalue weighted by Gasteiger charge is -2.38. The zero-order valence-corrected chi connectivity index (χ0v) is 19.2. The number of carbonyl (C=O) groups is 2. The molecule has 0 saturated carbocycles. The number of benzene rings is 2. The van der Waals surface area contributed by atoms with Crippen molar-refractivity contribution in [2.24, 2.45) is 0 Å². The summed E-state index contributed by atoms with van der Waals surface area (Å²) in [7, 11) is 0. The zero-order chi connectivity index (χ0) is 23.0. The van der Waals surface area contributed by atoms with E-state index in [0.717, 1.165) is 37.1 Å². The van der Waals surface area contributed by atoms with Crippen molar-refractivity contribution in [3.05, 3.63) is 60.2 Å². The number of nitrogens with zero attached hydrogens (tertiary/aromatic N) is 2. The molecule has 33 heavy (non-hydrogen) atoms. The molecular formula is C26H33N3O4. The van der Waals surface area contributed by atoms with Crippen LogP contribution < -0.4 is 14.8 Å². The summed E-state index contributed by atoms with van der Waals surface area (Å²) in [5.74, 6) is 1.54. The monoisotopic (exact) mass is 451 g/mol. The predicted octanol–water partition coefficient (Wildman–Crippen LogP) is 2.96. The first kappa shape index (κ1) is 23.1. The number of ether oxygens (including phenoxy) is 2. The fourth-order valence-electron chi connectivity index (χ4n) is 4.51. The molecule has 2 aromatic carbocycles. The number of nitrogens with one attached hydrogen (secondary N) is 1.